The lowest BCUT2D eigenvalue weighted by atomic mass is 9.46. The zero-order valence-corrected chi connectivity index (χ0v) is 22.2. The fraction of sp³-hybridized carbons (Fsp3) is 0.767. The molecule has 2 unspecified atom stereocenters. The van der Waals surface area contributed by atoms with Crippen molar-refractivity contribution in [2.45, 2.75) is 103 Å². The van der Waals surface area contributed by atoms with Crippen LogP contribution in [0.2, 0.25) is 0 Å². The molecule has 0 bridgehead atoms. The van der Waals surface area contributed by atoms with Crippen LogP contribution in [-0.4, -0.2) is 53.3 Å². The fourth-order valence-electron chi connectivity index (χ4n) is 9.49. The van der Waals surface area contributed by atoms with E-state index in [-0.39, 0.29) is 47.3 Å². The molecule has 1 saturated heterocycles. The first-order valence-corrected chi connectivity index (χ1v) is 14.2. The lowest BCUT2D eigenvalue weighted by Gasteiger charge is -2.59. The van der Waals surface area contributed by atoms with Crippen molar-refractivity contribution in [3.63, 3.8) is 0 Å². The van der Waals surface area contributed by atoms with E-state index in [2.05, 4.69) is 13.8 Å². The lowest BCUT2D eigenvalue weighted by molar-refractivity contribution is -0.210. The van der Waals surface area contributed by atoms with Crippen molar-refractivity contribution in [1.29, 1.82) is 0 Å². The Morgan fingerprint density at radius 1 is 1.16 bits per heavy atom. The van der Waals surface area contributed by atoms with Crippen LogP contribution in [0, 0.1) is 34.5 Å². The Labute approximate surface area is 219 Å². The highest BCUT2D eigenvalue weighted by molar-refractivity contribution is 6.01. The molecule has 5 fully saturated rings. The standard InChI is InChI=1S/C30H40O7/c1-17(31)35-16-24(34)30-25(36-27(37-30)18-7-5-4-6-8-18)14-22-21-10-9-19-13-20(32)11-12-28(19,2)26(21)23(33)15-29(22,30)3/h11-13,18,21-23,25-27,33H,4-10,14-16H2,1-3H3/t21-,22-,23-,25?,26+,27?,28-,29-,30+/m0/s1. The number of Topliss-reactive ketones (excluding diaryl/α,β-unsaturated/α-hetero) is 1. The van der Waals surface area contributed by atoms with E-state index in [1.807, 2.05) is 6.08 Å². The predicted molar refractivity (Wildman–Crippen MR) is 134 cm³/mol. The van der Waals surface area contributed by atoms with Crippen LogP contribution in [0.5, 0.6) is 0 Å². The minimum atomic E-state index is -1.24. The van der Waals surface area contributed by atoms with Crippen LogP contribution in [0.25, 0.3) is 0 Å². The number of aliphatic hydroxyl groups excluding tert-OH is 1. The van der Waals surface area contributed by atoms with Gasteiger partial charge in [-0.05, 0) is 62.5 Å². The molecule has 0 aromatic rings. The number of fused-ring (bicyclic) bond motifs is 7. The number of carbonyl (C=O) groups is 3. The molecular formula is C30H40O7. The maximum Gasteiger partial charge on any atom is 0.303 e. The van der Waals surface area contributed by atoms with E-state index in [4.69, 9.17) is 14.2 Å². The highest BCUT2D eigenvalue weighted by Gasteiger charge is 2.76. The van der Waals surface area contributed by atoms with Crippen LogP contribution in [0.1, 0.15) is 78.6 Å². The van der Waals surface area contributed by atoms with Crippen LogP contribution in [0.15, 0.2) is 23.8 Å². The van der Waals surface area contributed by atoms with Gasteiger partial charge in [0.15, 0.2) is 24.3 Å². The Balaban J connectivity index is 1.37. The molecule has 5 aliphatic carbocycles. The molecule has 202 valence electrons. The Bertz CT molecular complexity index is 1060. The highest BCUT2D eigenvalue weighted by Crippen LogP contribution is 2.70. The third-order valence-corrected chi connectivity index (χ3v) is 11.1. The Morgan fingerprint density at radius 3 is 2.65 bits per heavy atom. The maximum atomic E-state index is 14.0. The molecule has 0 aromatic carbocycles. The van der Waals surface area contributed by atoms with E-state index >= 15 is 0 Å². The number of esters is 1. The van der Waals surface area contributed by atoms with Crippen molar-refractivity contribution in [3.8, 4) is 0 Å². The number of ether oxygens (including phenoxy) is 3. The van der Waals surface area contributed by atoms with Gasteiger partial charge in [-0.3, -0.25) is 14.4 Å². The second-order valence-corrected chi connectivity index (χ2v) is 12.9. The van der Waals surface area contributed by atoms with Crippen molar-refractivity contribution in [2.24, 2.45) is 34.5 Å². The summed E-state index contributed by atoms with van der Waals surface area (Å²) in [6, 6.07) is 0. The van der Waals surface area contributed by atoms with Gasteiger partial charge in [0.2, 0.25) is 5.78 Å². The van der Waals surface area contributed by atoms with Gasteiger partial charge in [0.05, 0.1) is 12.2 Å². The van der Waals surface area contributed by atoms with Gasteiger partial charge < -0.3 is 19.3 Å². The molecule has 0 radical (unpaired) electrons. The molecule has 1 aliphatic heterocycles. The summed E-state index contributed by atoms with van der Waals surface area (Å²) in [6.07, 6.45) is 12.2. The summed E-state index contributed by atoms with van der Waals surface area (Å²) >= 11 is 0. The van der Waals surface area contributed by atoms with Gasteiger partial charge in [-0.2, -0.15) is 0 Å². The first-order valence-electron chi connectivity index (χ1n) is 14.2. The van der Waals surface area contributed by atoms with Crippen LogP contribution in [0.4, 0.5) is 0 Å². The van der Waals surface area contributed by atoms with E-state index < -0.39 is 35.5 Å². The minimum Gasteiger partial charge on any atom is -0.458 e. The molecule has 6 aliphatic rings. The molecule has 4 saturated carbocycles. The SMILES string of the molecule is CC(=O)OCC(=O)[C@@]12OC(C3CCCCC3)OC1C[C@H]1[C@@H]3CCC4=CC(=O)C=C[C@]4(C)[C@H]3[C@@H](O)C[C@@]12C. The normalized spacial score (nSPS) is 46.9. The van der Waals surface area contributed by atoms with E-state index in [9.17, 15) is 19.5 Å². The van der Waals surface area contributed by atoms with Crippen molar-refractivity contribution in [3.05, 3.63) is 23.8 Å². The quantitative estimate of drug-likeness (QED) is 0.567. The van der Waals surface area contributed by atoms with E-state index in [1.54, 1.807) is 12.2 Å². The van der Waals surface area contributed by atoms with Gasteiger partial charge in [0.25, 0.3) is 0 Å². The summed E-state index contributed by atoms with van der Waals surface area (Å²) in [6.45, 7) is 5.22. The molecule has 7 nitrogen and oxygen atoms in total. The summed E-state index contributed by atoms with van der Waals surface area (Å²) in [7, 11) is 0. The highest BCUT2D eigenvalue weighted by atomic mass is 16.7. The first kappa shape index (κ1) is 25.4. The molecule has 6 rings (SSSR count). The molecule has 37 heavy (non-hydrogen) atoms. The zero-order chi connectivity index (χ0) is 26.2. The first-order chi connectivity index (χ1) is 17.6. The zero-order valence-electron chi connectivity index (χ0n) is 22.2. The molecule has 0 amide bonds. The van der Waals surface area contributed by atoms with Crippen molar-refractivity contribution in [1.82, 2.24) is 0 Å². The van der Waals surface area contributed by atoms with Crippen molar-refractivity contribution in [2.75, 3.05) is 6.61 Å². The molecular weight excluding hydrogens is 472 g/mol. The third-order valence-electron chi connectivity index (χ3n) is 11.1. The topological polar surface area (TPSA) is 99.1 Å². The van der Waals surface area contributed by atoms with Gasteiger partial charge in [0, 0.05) is 29.6 Å². The van der Waals surface area contributed by atoms with Gasteiger partial charge in [-0.15, -0.1) is 0 Å². The second-order valence-electron chi connectivity index (χ2n) is 12.9. The summed E-state index contributed by atoms with van der Waals surface area (Å²) in [5, 5.41) is 11.8. The van der Waals surface area contributed by atoms with E-state index in [1.165, 1.54) is 13.3 Å². The third kappa shape index (κ3) is 3.60. The average molecular weight is 513 g/mol. The molecule has 9 atom stereocenters. The van der Waals surface area contributed by atoms with Gasteiger partial charge >= 0.3 is 5.97 Å². The van der Waals surface area contributed by atoms with Crippen LogP contribution in [-0.2, 0) is 28.6 Å². The minimum absolute atomic E-state index is 0.0158. The Hall–Kier alpha value is -1.83. The number of allylic oxidation sites excluding steroid dienone is 4. The Kier molecular flexibility index (Phi) is 6.09. The maximum absolute atomic E-state index is 14.0. The predicted octanol–water partition coefficient (Wildman–Crippen LogP) is 4.07. The Morgan fingerprint density at radius 2 is 1.92 bits per heavy atom. The van der Waals surface area contributed by atoms with Crippen LogP contribution >= 0.6 is 0 Å². The summed E-state index contributed by atoms with van der Waals surface area (Å²) in [5.41, 5.74) is -1.16. The molecule has 1 N–H and O–H groups in total. The largest absolute Gasteiger partial charge is 0.458 e. The molecule has 0 spiro atoms. The monoisotopic (exact) mass is 512 g/mol. The lowest BCUT2D eigenvalue weighted by Crippen LogP contribution is -2.63. The van der Waals surface area contributed by atoms with E-state index in [0.29, 0.717) is 12.8 Å². The fourth-order valence-corrected chi connectivity index (χ4v) is 9.49. The van der Waals surface area contributed by atoms with Gasteiger partial charge in [-0.1, -0.05) is 44.8 Å². The smallest absolute Gasteiger partial charge is 0.303 e. The number of aliphatic hydroxyl groups is 1. The number of ketones is 2. The number of hydrogen-bond donors (Lipinski definition) is 1. The van der Waals surface area contributed by atoms with Crippen molar-refractivity contribution < 1.29 is 33.7 Å². The van der Waals surface area contributed by atoms with Gasteiger partial charge in [0.1, 0.15) is 0 Å². The summed E-state index contributed by atoms with van der Waals surface area (Å²) in [5.74, 6) is -0.224. The molecule has 0 aromatic heterocycles. The van der Waals surface area contributed by atoms with Crippen LogP contribution in [0.3, 0.4) is 0 Å². The second kappa shape index (κ2) is 8.85. The van der Waals surface area contributed by atoms with E-state index in [0.717, 1.165) is 44.1 Å². The van der Waals surface area contributed by atoms with Crippen molar-refractivity contribution >= 4 is 17.5 Å². The molecule has 7 heteroatoms. The number of rotatable bonds is 4. The molecule has 1 heterocycles. The number of carbonyl (C=O) groups excluding carboxylic acids is 3. The van der Waals surface area contributed by atoms with Gasteiger partial charge in [-0.25, -0.2) is 0 Å². The summed E-state index contributed by atoms with van der Waals surface area (Å²) < 4.78 is 18.7. The summed E-state index contributed by atoms with van der Waals surface area (Å²) in [4.78, 5) is 37.8. The average Bonchev–Trinajstić information content (AvgIpc) is 3.36. The number of hydrogen-bond acceptors (Lipinski definition) is 7. The van der Waals surface area contributed by atoms with Crippen LogP contribution < -0.4 is 0 Å².